The van der Waals surface area contributed by atoms with Crippen LogP contribution in [-0.2, 0) is 16.5 Å². The molecule has 2 aromatic rings. The summed E-state index contributed by atoms with van der Waals surface area (Å²) >= 11 is 0. The minimum absolute atomic E-state index is 0.106. The summed E-state index contributed by atoms with van der Waals surface area (Å²) in [5.41, 5.74) is 2.95. The highest BCUT2D eigenvalue weighted by molar-refractivity contribution is 6.01. The highest BCUT2D eigenvalue weighted by Crippen LogP contribution is 2.33. The van der Waals surface area contributed by atoms with Gasteiger partial charge in [0.1, 0.15) is 5.69 Å². The third-order valence-electron chi connectivity index (χ3n) is 5.19. The molecule has 0 aliphatic carbocycles. The lowest BCUT2D eigenvalue weighted by molar-refractivity contribution is -0.181. The molecule has 5 heteroatoms. The van der Waals surface area contributed by atoms with Gasteiger partial charge in [0.2, 0.25) is 0 Å². The lowest BCUT2D eigenvalue weighted by Gasteiger charge is -2.37. The zero-order valence-electron chi connectivity index (χ0n) is 13.7. The number of amides is 1. The van der Waals surface area contributed by atoms with Crippen LogP contribution in [0.1, 0.15) is 28.9 Å². The Hall–Kier alpha value is -1.85. The molecule has 0 saturated carbocycles. The lowest BCUT2D eigenvalue weighted by atomic mass is 10.0. The van der Waals surface area contributed by atoms with Crippen LogP contribution in [0, 0.1) is 6.92 Å². The van der Waals surface area contributed by atoms with Crippen LogP contribution in [0.2, 0.25) is 0 Å². The molecule has 1 amide bonds. The molecule has 1 spiro atoms. The molecule has 4 rings (SSSR count). The van der Waals surface area contributed by atoms with Gasteiger partial charge in [-0.1, -0.05) is 18.2 Å². The van der Waals surface area contributed by atoms with Crippen LogP contribution in [0.15, 0.2) is 24.3 Å². The monoisotopic (exact) mass is 314 g/mol. The first-order valence-electron chi connectivity index (χ1n) is 8.22. The lowest BCUT2D eigenvalue weighted by Crippen LogP contribution is -2.47. The molecule has 0 radical (unpaired) electrons. The Labute approximate surface area is 135 Å². The van der Waals surface area contributed by atoms with E-state index in [4.69, 9.17) is 9.47 Å². The maximum absolute atomic E-state index is 13.0. The fourth-order valence-electron chi connectivity index (χ4n) is 3.87. The van der Waals surface area contributed by atoms with E-state index in [9.17, 15) is 4.79 Å². The standard InChI is InChI=1S/C18H22N2O3/c1-13-14-5-3-4-6-15(14)19(2)16(13)17(21)20-9-7-18(8-10-20)22-11-12-23-18/h3-6H,7-12H2,1-2H3. The molecule has 2 fully saturated rings. The van der Waals surface area contributed by atoms with Gasteiger partial charge in [-0.25, -0.2) is 0 Å². The summed E-state index contributed by atoms with van der Waals surface area (Å²) in [6, 6.07) is 8.16. The van der Waals surface area contributed by atoms with Gasteiger partial charge in [0.15, 0.2) is 5.79 Å². The molecule has 1 aromatic heterocycles. The first kappa shape index (κ1) is 14.7. The molecule has 0 N–H and O–H groups in total. The number of hydrogen-bond donors (Lipinski definition) is 0. The van der Waals surface area contributed by atoms with Crippen molar-refractivity contribution < 1.29 is 14.3 Å². The van der Waals surface area contributed by atoms with Crippen molar-refractivity contribution in [2.45, 2.75) is 25.6 Å². The van der Waals surface area contributed by atoms with Crippen LogP contribution in [0.4, 0.5) is 0 Å². The topological polar surface area (TPSA) is 43.7 Å². The van der Waals surface area contributed by atoms with Crippen LogP contribution in [0.3, 0.4) is 0 Å². The number of likely N-dealkylation sites (tertiary alicyclic amines) is 1. The number of fused-ring (bicyclic) bond motifs is 1. The van der Waals surface area contributed by atoms with Crippen molar-refractivity contribution in [3.05, 3.63) is 35.5 Å². The van der Waals surface area contributed by atoms with Gasteiger partial charge in [-0.05, 0) is 18.6 Å². The first-order chi connectivity index (χ1) is 11.1. The average Bonchev–Trinajstić information content (AvgIpc) is 3.12. The number of benzene rings is 1. The largest absolute Gasteiger partial charge is 0.347 e. The van der Waals surface area contributed by atoms with Gasteiger partial charge in [-0.2, -0.15) is 0 Å². The smallest absolute Gasteiger partial charge is 0.270 e. The van der Waals surface area contributed by atoms with Crippen LogP contribution in [0.5, 0.6) is 0 Å². The van der Waals surface area contributed by atoms with Crippen LogP contribution >= 0.6 is 0 Å². The molecule has 0 bridgehead atoms. The SMILES string of the molecule is Cc1c(C(=O)N2CCC3(CC2)OCCO3)n(C)c2ccccc12. The summed E-state index contributed by atoms with van der Waals surface area (Å²) in [4.78, 5) is 15.0. The van der Waals surface area contributed by atoms with Gasteiger partial charge in [0.25, 0.3) is 5.91 Å². The molecule has 5 nitrogen and oxygen atoms in total. The predicted octanol–water partition coefficient (Wildman–Crippen LogP) is 2.47. The van der Waals surface area contributed by atoms with Gasteiger partial charge in [-0.3, -0.25) is 4.79 Å². The van der Waals surface area contributed by atoms with Crippen LogP contribution < -0.4 is 0 Å². The van der Waals surface area contributed by atoms with E-state index >= 15 is 0 Å². The molecule has 2 aliphatic rings. The van der Waals surface area contributed by atoms with Crippen molar-refractivity contribution in [2.75, 3.05) is 26.3 Å². The van der Waals surface area contributed by atoms with Gasteiger partial charge < -0.3 is 18.9 Å². The molecule has 122 valence electrons. The Morgan fingerprint density at radius 3 is 2.43 bits per heavy atom. The number of rotatable bonds is 1. The number of piperidine rings is 1. The normalized spacial score (nSPS) is 20.5. The summed E-state index contributed by atoms with van der Waals surface area (Å²) in [7, 11) is 1.97. The second kappa shape index (κ2) is 5.35. The second-order valence-corrected chi connectivity index (χ2v) is 6.45. The molecule has 0 atom stereocenters. The Morgan fingerprint density at radius 2 is 1.78 bits per heavy atom. The van der Waals surface area contributed by atoms with Gasteiger partial charge >= 0.3 is 0 Å². The molecule has 2 saturated heterocycles. The Morgan fingerprint density at radius 1 is 1.13 bits per heavy atom. The van der Waals surface area contributed by atoms with Gasteiger partial charge in [-0.15, -0.1) is 0 Å². The van der Waals surface area contributed by atoms with Crippen molar-refractivity contribution >= 4 is 16.8 Å². The first-order valence-corrected chi connectivity index (χ1v) is 8.22. The molecule has 3 heterocycles. The predicted molar refractivity (Wildman–Crippen MR) is 87.4 cm³/mol. The molecular weight excluding hydrogens is 292 g/mol. The number of nitrogens with zero attached hydrogens (tertiary/aromatic N) is 2. The average molecular weight is 314 g/mol. The van der Waals surface area contributed by atoms with Gasteiger partial charge in [0.05, 0.1) is 13.2 Å². The highest BCUT2D eigenvalue weighted by Gasteiger charge is 2.41. The number of carbonyl (C=O) groups excluding carboxylic acids is 1. The van der Waals surface area contributed by atoms with Crippen LogP contribution in [-0.4, -0.2) is 47.5 Å². The van der Waals surface area contributed by atoms with E-state index < -0.39 is 5.79 Å². The molecule has 2 aliphatic heterocycles. The molecule has 23 heavy (non-hydrogen) atoms. The van der Waals surface area contributed by atoms with E-state index in [1.807, 2.05) is 35.6 Å². The number of aryl methyl sites for hydroxylation is 2. The summed E-state index contributed by atoms with van der Waals surface area (Å²) < 4.78 is 13.5. The van der Waals surface area contributed by atoms with Gasteiger partial charge in [0, 0.05) is 43.9 Å². The maximum atomic E-state index is 13.0. The number of aromatic nitrogens is 1. The Bertz CT molecular complexity index is 710. The Kier molecular flexibility index (Phi) is 3.43. The minimum Gasteiger partial charge on any atom is -0.347 e. The summed E-state index contributed by atoms with van der Waals surface area (Å²) in [6.45, 7) is 4.72. The van der Waals surface area contributed by atoms with E-state index in [2.05, 4.69) is 12.1 Å². The quantitative estimate of drug-likeness (QED) is 0.812. The fourth-order valence-corrected chi connectivity index (χ4v) is 3.87. The molecule has 0 unspecified atom stereocenters. The Balaban J connectivity index is 1.60. The van der Waals surface area contributed by atoms with E-state index in [1.165, 1.54) is 0 Å². The third-order valence-corrected chi connectivity index (χ3v) is 5.19. The number of para-hydroxylation sites is 1. The highest BCUT2D eigenvalue weighted by atomic mass is 16.7. The number of hydrogen-bond acceptors (Lipinski definition) is 3. The summed E-state index contributed by atoms with van der Waals surface area (Å²) in [6.07, 6.45) is 1.50. The zero-order chi connectivity index (χ0) is 16.0. The maximum Gasteiger partial charge on any atom is 0.270 e. The van der Waals surface area contributed by atoms with Crippen molar-refractivity contribution in [1.29, 1.82) is 0 Å². The fraction of sp³-hybridized carbons (Fsp3) is 0.500. The van der Waals surface area contributed by atoms with Crippen LogP contribution in [0.25, 0.3) is 10.9 Å². The third kappa shape index (κ3) is 2.26. The van der Waals surface area contributed by atoms with E-state index in [0.29, 0.717) is 26.3 Å². The van der Waals surface area contributed by atoms with Crippen molar-refractivity contribution in [3.63, 3.8) is 0 Å². The van der Waals surface area contributed by atoms with E-state index in [1.54, 1.807) is 0 Å². The second-order valence-electron chi connectivity index (χ2n) is 6.45. The number of carbonyl (C=O) groups is 1. The van der Waals surface area contributed by atoms with E-state index in [-0.39, 0.29) is 5.91 Å². The number of ether oxygens (including phenoxy) is 2. The van der Waals surface area contributed by atoms with Crippen molar-refractivity contribution in [3.8, 4) is 0 Å². The molecule has 1 aromatic carbocycles. The summed E-state index contributed by atoms with van der Waals surface area (Å²) in [5, 5.41) is 1.15. The minimum atomic E-state index is -0.440. The summed E-state index contributed by atoms with van der Waals surface area (Å²) in [5.74, 6) is -0.334. The van der Waals surface area contributed by atoms with Crippen molar-refractivity contribution in [2.24, 2.45) is 7.05 Å². The van der Waals surface area contributed by atoms with Crippen molar-refractivity contribution in [1.82, 2.24) is 9.47 Å². The van der Waals surface area contributed by atoms with E-state index in [0.717, 1.165) is 35.0 Å². The zero-order valence-corrected chi connectivity index (χ0v) is 13.7. The molecular formula is C18H22N2O3.